The second-order valence-corrected chi connectivity index (χ2v) is 4.16. The van der Waals surface area contributed by atoms with Crippen LogP contribution in [0.5, 0.6) is 11.5 Å². The van der Waals surface area contributed by atoms with E-state index in [4.69, 9.17) is 9.47 Å². The first-order valence-corrected chi connectivity index (χ1v) is 6.12. The third-order valence-electron chi connectivity index (χ3n) is 2.81. The van der Waals surface area contributed by atoms with E-state index in [2.05, 4.69) is 25.1 Å². The van der Waals surface area contributed by atoms with Gasteiger partial charge in [-0.2, -0.15) is 0 Å². The molecular weight excluding hydrogens is 224 g/mol. The van der Waals surface area contributed by atoms with Gasteiger partial charge >= 0.3 is 0 Å². The van der Waals surface area contributed by atoms with Crippen molar-refractivity contribution in [2.45, 2.75) is 13.8 Å². The van der Waals surface area contributed by atoms with Gasteiger partial charge in [0.15, 0.2) is 0 Å². The van der Waals surface area contributed by atoms with Gasteiger partial charge in [0.05, 0.1) is 13.7 Å². The Morgan fingerprint density at radius 3 is 2.61 bits per heavy atom. The summed E-state index contributed by atoms with van der Waals surface area (Å²) in [7, 11) is 1.70. The molecule has 0 amide bonds. The van der Waals surface area contributed by atoms with Gasteiger partial charge in [0.2, 0.25) is 0 Å². The minimum Gasteiger partial charge on any atom is -0.496 e. The van der Waals surface area contributed by atoms with Crippen molar-refractivity contribution in [1.29, 1.82) is 0 Å². The number of hydrogen-bond donors (Lipinski definition) is 0. The highest BCUT2D eigenvalue weighted by molar-refractivity contribution is 5.72. The molecule has 0 saturated heterocycles. The van der Waals surface area contributed by atoms with Gasteiger partial charge in [0, 0.05) is 5.56 Å². The predicted octanol–water partition coefficient (Wildman–Crippen LogP) is 4.07. The summed E-state index contributed by atoms with van der Waals surface area (Å²) < 4.78 is 11.0. The van der Waals surface area contributed by atoms with E-state index in [0.29, 0.717) is 6.61 Å². The van der Waals surface area contributed by atoms with Crippen LogP contribution in [0.25, 0.3) is 11.1 Å². The van der Waals surface area contributed by atoms with E-state index in [1.54, 1.807) is 7.11 Å². The van der Waals surface area contributed by atoms with Crippen molar-refractivity contribution in [1.82, 2.24) is 0 Å². The quantitative estimate of drug-likeness (QED) is 0.804. The molecule has 94 valence electrons. The van der Waals surface area contributed by atoms with Gasteiger partial charge in [-0.3, -0.25) is 0 Å². The lowest BCUT2D eigenvalue weighted by atomic mass is 10.0. The smallest absolute Gasteiger partial charge is 0.126 e. The molecule has 2 heteroatoms. The number of benzene rings is 2. The van der Waals surface area contributed by atoms with Crippen LogP contribution in [0.1, 0.15) is 12.5 Å². The minimum atomic E-state index is 0.675. The Bertz CT molecular complexity index is 532. The van der Waals surface area contributed by atoms with E-state index in [9.17, 15) is 0 Å². The van der Waals surface area contributed by atoms with Crippen LogP contribution in [-0.2, 0) is 0 Å². The Hall–Kier alpha value is -1.96. The highest BCUT2D eigenvalue weighted by Crippen LogP contribution is 2.32. The van der Waals surface area contributed by atoms with Gasteiger partial charge in [-0.05, 0) is 43.2 Å². The molecule has 2 rings (SSSR count). The Morgan fingerprint density at radius 1 is 1.06 bits per heavy atom. The van der Waals surface area contributed by atoms with Gasteiger partial charge in [-0.15, -0.1) is 0 Å². The zero-order chi connectivity index (χ0) is 13.0. The summed E-state index contributed by atoms with van der Waals surface area (Å²) in [5.74, 6) is 1.78. The molecule has 0 fully saturated rings. The van der Waals surface area contributed by atoms with Crippen molar-refractivity contribution in [3.8, 4) is 22.6 Å². The lowest BCUT2D eigenvalue weighted by Crippen LogP contribution is -1.92. The maximum absolute atomic E-state index is 5.52. The molecule has 0 saturated carbocycles. The summed E-state index contributed by atoms with van der Waals surface area (Å²) >= 11 is 0. The molecule has 18 heavy (non-hydrogen) atoms. The summed E-state index contributed by atoms with van der Waals surface area (Å²) in [4.78, 5) is 0. The summed E-state index contributed by atoms with van der Waals surface area (Å²) in [6, 6.07) is 14.3. The van der Waals surface area contributed by atoms with E-state index in [-0.39, 0.29) is 0 Å². The van der Waals surface area contributed by atoms with Gasteiger partial charge in [0.1, 0.15) is 11.5 Å². The first kappa shape index (κ1) is 12.5. The summed E-state index contributed by atoms with van der Waals surface area (Å²) in [6.45, 7) is 4.72. The van der Waals surface area contributed by atoms with Crippen LogP contribution >= 0.6 is 0 Å². The lowest BCUT2D eigenvalue weighted by Gasteiger charge is -2.11. The first-order chi connectivity index (χ1) is 8.74. The van der Waals surface area contributed by atoms with Crippen LogP contribution < -0.4 is 9.47 Å². The molecule has 0 atom stereocenters. The molecule has 0 aliphatic carbocycles. The third kappa shape index (κ3) is 2.65. The number of ether oxygens (including phenoxy) is 2. The third-order valence-corrected chi connectivity index (χ3v) is 2.81. The molecule has 0 spiro atoms. The van der Waals surface area contributed by atoms with Gasteiger partial charge in [-0.1, -0.05) is 24.3 Å². The molecule has 0 radical (unpaired) electrons. The predicted molar refractivity (Wildman–Crippen MR) is 74.3 cm³/mol. The van der Waals surface area contributed by atoms with Crippen LogP contribution in [0.3, 0.4) is 0 Å². The number of aryl methyl sites for hydroxylation is 1. The molecule has 0 aliphatic rings. The Morgan fingerprint density at radius 2 is 1.89 bits per heavy atom. The second kappa shape index (κ2) is 5.58. The molecule has 2 aromatic rings. The van der Waals surface area contributed by atoms with E-state index in [1.165, 1.54) is 5.56 Å². The first-order valence-electron chi connectivity index (χ1n) is 6.12. The molecule has 0 bridgehead atoms. The minimum absolute atomic E-state index is 0.675. The van der Waals surface area contributed by atoms with Gasteiger partial charge in [0.25, 0.3) is 0 Å². The molecule has 2 nitrogen and oxygen atoms in total. The van der Waals surface area contributed by atoms with Crippen LogP contribution in [0.2, 0.25) is 0 Å². The SMILES string of the molecule is CCOc1cccc(-c2ccc(C)cc2OC)c1. The largest absolute Gasteiger partial charge is 0.496 e. The Balaban J connectivity index is 2.44. The fourth-order valence-electron chi connectivity index (χ4n) is 1.96. The van der Waals surface area contributed by atoms with Crippen LogP contribution in [-0.4, -0.2) is 13.7 Å². The molecular formula is C16H18O2. The molecule has 0 N–H and O–H groups in total. The van der Waals surface area contributed by atoms with Crippen molar-refractivity contribution < 1.29 is 9.47 Å². The zero-order valence-corrected chi connectivity index (χ0v) is 11.1. The van der Waals surface area contributed by atoms with Gasteiger partial charge in [-0.25, -0.2) is 0 Å². The van der Waals surface area contributed by atoms with Crippen molar-refractivity contribution in [2.75, 3.05) is 13.7 Å². The highest BCUT2D eigenvalue weighted by atomic mass is 16.5. The van der Waals surface area contributed by atoms with Crippen molar-refractivity contribution >= 4 is 0 Å². The van der Waals surface area contributed by atoms with E-state index in [0.717, 1.165) is 22.6 Å². The van der Waals surface area contributed by atoms with Gasteiger partial charge < -0.3 is 9.47 Å². The highest BCUT2D eigenvalue weighted by Gasteiger charge is 2.06. The molecule has 0 aliphatic heterocycles. The number of methoxy groups -OCH3 is 1. The molecule has 0 unspecified atom stereocenters. The topological polar surface area (TPSA) is 18.5 Å². The maximum Gasteiger partial charge on any atom is 0.126 e. The fourth-order valence-corrected chi connectivity index (χ4v) is 1.96. The van der Waals surface area contributed by atoms with E-state index in [1.807, 2.05) is 31.2 Å². The number of hydrogen-bond acceptors (Lipinski definition) is 2. The summed E-state index contributed by atoms with van der Waals surface area (Å²) in [5.41, 5.74) is 3.39. The molecule has 0 aromatic heterocycles. The normalized spacial score (nSPS) is 10.2. The van der Waals surface area contributed by atoms with Crippen LogP contribution in [0.4, 0.5) is 0 Å². The Kier molecular flexibility index (Phi) is 3.88. The van der Waals surface area contributed by atoms with Crippen molar-refractivity contribution in [3.05, 3.63) is 48.0 Å². The maximum atomic E-state index is 5.52. The summed E-state index contributed by atoms with van der Waals surface area (Å²) in [5, 5.41) is 0. The lowest BCUT2D eigenvalue weighted by molar-refractivity contribution is 0.340. The Labute approximate surface area is 108 Å². The standard InChI is InChI=1S/C16H18O2/c1-4-18-14-7-5-6-13(11-14)15-9-8-12(2)10-16(15)17-3/h5-11H,4H2,1-3H3. The monoisotopic (exact) mass is 242 g/mol. The molecule has 0 heterocycles. The summed E-state index contributed by atoms with van der Waals surface area (Å²) in [6.07, 6.45) is 0. The average Bonchev–Trinajstić information content (AvgIpc) is 2.39. The van der Waals surface area contributed by atoms with Crippen molar-refractivity contribution in [2.24, 2.45) is 0 Å². The van der Waals surface area contributed by atoms with E-state index < -0.39 is 0 Å². The van der Waals surface area contributed by atoms with Crippen molar-refractivity contribution in [3.63, 3.8) is 0 Å². The van der Waals surface area contributed by atoms with Crippen LogP contribution in [0.15, 0.2) is 42.5 Å². The average molecular weight is 242 g/mol. The van der Waals surface area contributed by atoms with E-state index >= 15 is 0 Å². The molecule has 2 aromatic carbocycles. The zero-order valence-electron chi connectivity index (χ0n) is 11.1. The fraction of sp³-hybridized carbons (Fsp3) is 0.250. The second-order valence-electron chi connectivity index (χ2n) is 4.16. The number of rotatable bonds is 4. The van der Waals surface area contributed by atoms with Crippen LogP contribution in [0, 0.1) is 6.92 Å².